The van der Waals surface area contributed by atoms with Gasteiger partial charge in [-0.2, -0.15) is 0 Å². The van der Waals surface area contributed by atoms with E-state index in [1.165, 1.54) is 24.9 Å². The normalized spacial score (nSPS) is 13.0. The van der Waals surface area contributed by atoms with Crippen LogP contribution in [0.5, 0.6) is 0 Å². The maximum Gasteiger partial charge on any atom is 0.238 e. The zero-order valence-corrected chi connectivity index (χ0v) is 14.0. The maximum absolute atomic E-state index is 11.8. The highest BCUT2D eigenvalue weighted by Crippen LogP contribution is 2.10. The summed E-state index contributed by atoms with van der Waals surface area (Å²) in [6, 6.07) is 4.65. The van der Waals surface area contributed by atoms with Gasteiger partial charge < -0.3 is 0 Å². The molecule has 110 valence electrons. The summed E-state index contributed by atoms with van der Waals surface area (Å²) in [5, 5.41) is 0. The Morgan fingerprint density at radius 1 is 0.556 bits per heavy atom. The third-order valence-electron chi connectivity index (χ3n) is 3.09. The molecule has 0 N–H and O–H groups in total. The molecule has 0 heterocycles. The molecule has 0 spiro atoms. The number of unbranched alkanes of at least 4 members (excludes halogenated alkanes) is 1. The summed E-state index contributed by atoms with van der Waals surface area (Å²) in [5.41, 5.74) is 0. The minimum absolute atomic E-state index is 0.0735. The fourth-order valence-corrected chi connectivity index (χ4v) is 5.42. The number of rotatable bonds is 13. The lowest BCUT2D eigenvalue weighted by molar-refractivity contribution is 0.136. The summed E-state index contributed by atoms with van der Waals surface area (Å²) >= 11 is 0. The number of alkyl halides is 4. The van der Waals surface area contributed by atoms with Crippen LogP contribution in [0.3, 0.4) is 0 Å². The van der Waals surface area contributed by atoms with E-state index in [0.29, 0.717) is 12.8 Å². The standard InChI is InChI=1S/C12H26F4Si2/c13-11(14)5-3-9-17-7-1-2-8-18-10-4-6-12(15)16/h11-12H,1-10,17-18H2. The van der Waals surface area contributed by atoms with E-state index in [9.17, 15) is 17.6 Å². The molecular weight excluding hydrogens is 276 g/mol. The number of hydrogen-bond donors (Lipinski definition) is 0. The van der Waals surface area contributed by atoms with Crippen molar-refractivity contribution in [3.8, 4) is 0 Å². The summed E-state index contributed by atoms with van der Waals surface area (Å²) in [6.45, 7) is 0. The maximum atomic E-state index is 11.8. The quantitative estimate of drug-likeness (QED) is 0.275. The van der Waals surface area contributed by atoms with Gasteiger partial charge in [0.1, 0.15) is 0 Å². The van der Waals surface area contributed by atoms with Crippen molar-refractivity contribution in [1.82, 2.24) is 0 Å². The minimum atomic E-state index is -2.13. The summed E-state index contributed by atoms with van der Waals surface area (Å²) in [7, 11) is -0.207. The first kappa shape index (κ1) is 18.2. The van der Waals surface area contributed by atoms with Crippen molar-refractivity contribution >= 4 is 19.0 Å². The lowest BCUT2D eigenvalue weighted by Gasteiger charge is -2.02. The predicted octanol–water partition coefficient (Wildman–Crippen LogP) is 3.87. The van der Waals surface area contributed by atoms with Gasteiger partial charge in [-0.05, 0) is 0 Å². The van der Waals surface area contributed by atoms with E-state index in [0.717, 1.165) is 12.1 Å². The molecule has 18 heavy (non-hydrogen) atoms. The van der Waals surface area contributed by atoms with Crippen molar-refractivity contribution in [2.75, 3.05) is 0 Å². The fourth-order valence-electron chi connectivity index (χ4n) is 2.01. The molecule has 0 aliphatic carbocycles. The molecule has 0 saturated heterocycles. The van der Waals surface area contributed by atoms with E-state index >= 15 is 0 Å². The lowest BCUT2D eigenvalue weighted by Crippen LogP contribution is -1.96. The van der Waals surface area contributed by atoms with Gasteiger partial charge in [0.05, 0.1) is 0 Å². The van der Waals surface area contributed by atoms with E-state index in [4.69, 9.17) is 0 Å². The predicted molar refractivity (Wildman–Crippen MR) is 76.0 cm³/mol. The number of hydrogen-bond acceptors (Lipinski definition) is 0. The van der Waals surface area contributed by atoms with Crippen molar-refractivity contribution in [3.05, 3.63) is 0 Å². The summed E-state index contributed by atoms with van der Waals surface area (Å²) in [4.78, 5) is 0. The van der Waals surface area contributed by atoms with E-state index in [1.54, 1.807) is 0 Å². The molecule has 0 atom stereocenters. The van der Waals surface area contributed by atoms with Crippen LogP contribution in [0.15, 0.2) is 0 Å². The average molecular weight is 303 g/mol. The summed E-state index contributed by atoms with van der Waals surface area (Å²) < 4.78 is 47.3. The van der Waals surface area contributed by atoms with Crippen LogP contribution >= 0.6 is 0 Å². The second-order valence-electron chi connectivity index (χ2n) is 4.90. The highest BCUT2D eigenvalue weighted by molar-refractivity contribution is 6.36. The molecule has 0 amide bonds. The third kappa shape index (κ3) is 16.2. The molecule has 6 heteroatoms. The first-order valence-electron chi connectivity index (χ1n) is 7.19. The molecule has 0 rings (SSSR count). The topological polar surface area (TPSA) is 0 Å². The van der Waals surface area contributed by atoms with Gasteiger partial charge in [0.2, 0.25) is 12.9 Å². The van der Waals surface area contributed by atoms with Gasteiger partial charge in [0.25, 0.3) is 0 Å². The Hall–Kier alpha value is 0.154. The highest BCUT2D eigenvalue weighted by Gasteiger charge is 2.02. The monoisotopic (exact) mass is 302 g/mol. The molecule has 0 aliphatic rings. The van der Waals surface area contributed by atoms with Gasteiger partial charge in [-0.15, -0.1) is 0 Å². The average Bonchev–Trinajstić information content (AvgIpc) is 2.29. The van der Waals surface area contributed by atoms with Gasteiger partial charge in [-0.1, -0.05) is 49.9 Å². The Labute approximate surface area is 113 Å². The van der Waals surface area contributed by atoms with Gasteiger partial charge >= 0.3 is 0 Å². The molecule has 0 fully saturated rings. The van der Waals surface area contributed by atoms with E-state index < -0.39 is 12.9 Å². The molecule has 0 unspecified atom stereocenters. The molecule has 0 saturated carbocycles. The van der Waals surface area contributed by atoms with Gasteiger partial charge in [-0.3, -0.25) is 0 Å². The molecular formula is C12H26F4Si2. The molecule has 0 radical (unpaired) electrons. The summed E-state index contributed by atoms with van der Waals surface area (Å²) in [5.74, 6) is 0. The summed E-state index contributed by atoms with van der Waals surface area (Å²) in [6.07, 6.45) is -0.227. The molecule has 0 aromatic rings. The first-order chi connectivity index (χ1) is 8.63. The fraction of sp³-hybridized carbons (Fsp3) is 1.00. The van der Waals surface area contributed by atoms with Crippen LogP contribution in [-0.4, -0.2) is 31.9 Å². The van der Waals surface area contributed by atoms with Crippen LogP contribution in [-0.2, 0) is 0 Å². The van der Waals surface area contributed by atoms with E-state index in [-0.39, 0.29) is 31.9 Å². The van der Waals surface area contributed by atoms with Crippen LogP contribution in [0.1, 0.15) is 38.5 Å². The van der Waals surface area contributed by atoms with Crippen molar-refractivity contribution in [1.29, 1.82) is 0 Å². The molecule has 0 aromatic heterocycles. The van der Waals surface area contributed by atoms with Crippen LogP contribution in [0.25, 0.3) is 0 Å². The van der Waals surface area contributed by atoms with Crippen molar-refractivity contribution in [2.45, 2.75) is 75.6 Å². The van der Waals surface area contributed by atoms with Gasteiger partial charge in [0.15, 0.2) is 0 Å². The Morgan fingerprint density at radius 3 is 1.22 bits per heavy atom. The van der Waals surface area contributed by atoms with Crippen LogP contribution in [0.4, 0.5) is 17.6 Å². The highest BCUT2D eigenvalue weighted by atomic mass is 28.2. The van der Waals surface area contributed by atoms with Gasteiger partial charge in [-0.25, -0.2) is 17.6 Å². The third-order valence-corrected chi connectivity index (χ3v) is 7.09. The number of halogens is 4. The second-order valence-corrected chi connectivity index (χ2v) is 9.14. The van der Waals surface area contributed by atoms with E-state index in [1.807, 2.05) is 0 Å². The Balaban J connectivity index is 2.95. The largest absolute Gasteiger partial charge is 0.238 e. The lowest BCUT2D eigenvalue weighted by atomic mass is 10.3. The first-order valence-corrected chi connectivity index (χ1v) is 11.2. The SMILES string of the molecule is FC(F)CCC[SiH2]CCCC[SiH2]CCCC(F)F. The van der Waals surface area contributed by atoms with Crippen molar-refractivity contribution < 1.29 is 17.6 Å². The molecule has 0 aliphatic heterocycles. The zero-order valence-electron chi connectivity index (χ0n) is 11.2. The molecule has 0 aromatic carbocycles. The smallest absolute Gasteiger partial charge is 0.211 e. The van der Waals surface area contributed by atoms with Crippen molar-refractivity contribution in [3.63, 3.8) is 0 Å². The van der Waals surface area contributed by atoms with Gasteiger partial charge in [0, 0.05) is 31.9 Å². The van der Waals surface area contributed by atoms with Crippen molar-refractivity contribution in [2.24, 2.45) is 0 Å². The van der Waals surface area contributed by atoms with Crippen LogP contribution in [0, 0.1) is 0 Å². The Morgan fingerprint density at radius 2 is 0.889 bits per heavy atom. The van der Waals surface area contributed by atoms with Crippen LogP contribution in [0.2, 0.25) is 24.2 Å². The second kappa shape index (κ2) is 13.6. The van der Waals surface area contributed by atoms with Crippen LogP contribution < -0.4 is 0 Å². The minimum Gasteiger partial charge on any atom is -0.211 e. The molecule has 0 nitrogen and oxygen atoms in total. The zero-order chi connectivity index (χ0) is 13.6. The van der Waals surface area contributed by atoms with E-state index in [2.05, 4.69) is 0 Å². The Bertz CT molecular complexity index is 150. The Kier molecular flexibility index (Phi) is 13.7. The molecule has 0 bridgehead atoms.